The van der Waals surface area contributed by atoms with Crippen LogP contribution in [0.1, 0.15) is 145 Å². The van der Waals surface area contributed by atoms with Gasteiger partial charge in [0, 0.05) is 47.5 Å². The number of unbranched alkanes of at least 4 members (excludes halogenated alkanes) is 4. The van der Waals surface area contributed by atoms with Crippen LogP contribution in [-0.2, 0) is 17.6 Å². The standard InChI is InChI=1S/C53H75N3O7/c1-4-5-7-10-35-15-18-40(49(59)28-35)11-8-6-9-12-44(52(61)62)48(58)21-23-53(63)33-38(25-37-22-24-55-51(54)29-37)26-41(53)30-42-19-20-47(56-42)45-31-43(57)32-50(60)46(45)27-36-13-16-39(17-14-36)34(2)3/h13-20,22,29,31-32,34-35,38,40-41,44,48-49,55-60,63H,4-12,21,23-28,30,33,54H2,1-3H3,(H,61,62). The second-order valence-corrected chi connectivity index (χ2v) is 19.5. The number of hydrogen-bond donors (Lipinski definition) is 9. The summed E-state index contributed by atoms with van der Waals surface area (Å²) in [7, 11) is 0. The molecule has 6 rings (SSSR count). The second-order valence-electron chi connectivity index (χ2n) is 19.5. The number of hydrogen-bond acceptors (Lipinski definition) is 8. The summed E-state index contributed by atoms with van der Waals surface area (Å²) in [6, 6.07) is 15.4. The van der Waals surface area contributed by atoms with E-state index in [4.69, 9.17) is 5.73 Å². The van der Waals surface area contributed by atoms with Gasteiger partial charge in [0.05, 0.1) is 29.5 Å². The van der Waals surface area contributed by atoms with Crippen molar-refractivity contribution in [2.24, 2.45) is 35.3 Å². The first-order valence-electron chi connectivity index (χ1n) is 23.9. The van der Waals surface area contributed by atoms with Crippen LogP contribution in [0.3, 0.4) is 0 Å². The molecule has 1 aromatic heterocycles. The van der Waals surface area contributed by atoms with Gasteiger partial charge in [-0.15, -0.1) is 0 Å². The van der Waals surface area contributed by atoms with Gasteiger partial charge in [0.25, 0.3) is 0 Å². The SMILES string of the molecule is CCCCCC1C=CC(CCCCCC(C(=O)O)C(O)CCC2(O)CC(CC3=CCNC(N)=C3)CC2Cc2ccc(-c3cc(O)cc(O)c3Cc3ccc(C(C)C)cc3)[nH]2)C(O)C1. The van der Waals surface area contributed by atoms with Gasteiger partial charge in [0.15, 0.2) is 0 Å². The molecule has 1 saturated carbocycles. The molecule has 10 heteroatoms. The molecular weight excluding hydrogens is 791 g/mol. The highest BCUT2D eigenvalue weighted by Gasteiger charge is 2.46. The van der Waals surface area contributed by atoms with Crippen molar-refractivity contribution < 1.29 is 35.4 Å². The van der Waals surface area contributed by atoms with Crippen molar-refractivity contribution in [2.75, 3.05) is 6.54 Å². The zero-order valence-corrected chi connectivity index (χ0v) is 37.9. The average molecular weight is 866 g/mol. The van der Waals surface area contributed by atoms with Crippen molar-refractivity contribution in [3.63, 3.8) is 0 Å². The maximum Gasteiger partial charge on any atom is 0.309 e. The molecular formula is C53H75N3O7. The third kappa shape index (κ3) is 13.3. The van der Waals surface area contributed by atoms with Gasteiger partial charge >= 0.3 is 5.97 Å². The molecule has 0 spiro atoms. The molecule has 0 bridgehead atoms. The number of rotatable bonds is 23. The number of aliphatic hydroxyl groups is 3. The smallest absolute Gasteiger partial charge is 0.309 e. The molecule has 1 fully saturated rings. The Bertz CT molecular complexity index is 2040. The van der Waals surface area contributed by atoms with Crippen LogP contribution in [0.25, 0.3) is 11.3 Å². The molecule has 2 aromatic carbocycles. The van der Waals surface area contributed by atoms with Gasteiger partial charge in [0.1, 0.15) is 11.5 Å². The molecule has 0 radical (unpaired) electrons. The third-order valence-corrected chi connectivity index (χ3v) is 14.4. The van der Waals surface area contributed by atoms with E-state index in [0.717, 1.165) is 67.5 Å². The first-order valence-corrected chi connectivity index (χ1v) is 23.9. The lowest BCUT2D eigenvalue weighted by Gasteiger charge is -2.32. The Labute approximate surface area is 375 Å². The van der Waals surface area contributed by atoms with E-state index in [1.807, 2.05) is 18.2 Å². The van der Waals surface area contributed by atoms with E-state index in [9.17, 15) is 35.4 Å². The summed E-state index contributed by atoms with van der Waals surface area (Å²) in [6.07, 6.45) is 19.8. The fourth-order valence-corrected chi connectivity index (χ4v) is 10.6. The number of nitrogens with one attached hydrogen (secondary N) is 2. The molecule has 0 saturated heterocycles. The number of aliphatic hydroxyl groups excluding tert-OH is 2. The van der Waals surface area contributed by atoms with Crippen LogP contribution >= 0.6 is 0 Å². The predicted molar refractivity (Wildman–Crippen MR) is 251 cm³/mol. The van der Waals surface area contributed by atoms with Gasteiger partial charge in [0.2, 0.25) is 0 Å². The van der Waals surface area contributed by atoms with Crippen LogP contribution in [0.5, 0.6) is 11.5 Å². The molecule has 63 heavy (non-hydrogen) atoms. The summed E-state index contributed by atoms with van der Waals surface area (Å²) < 4.78 is 0. The van der Waals surface area contributed by atoms with E-state index >= 15 is 0 Å². The topological polar surface area (TPSA) is 192 Å². The number of H-pyrrole nitrogens is 1. The molecule has 3 aromatic rings. The quantitative estimate of drug-likeness (QED) is 0.0330. The predicted octanol–water partition coefficient (Wildman–Crippen LogP) is 9.75. The maximum atomic E-state index is 12.5. The number of benzene rings is 2. The fourth-order valence-electron chi connectivity index (χ4n) is 10.6. The second kappa shape index (κ2) is 22.4. The van der Waals surface area contributed by atoms with E-state index < -0.39 is 23.6 Å². The largest absolute Gasteiger partial charge is 0.508 e. The molecule has 2 aliphatic carbocycles. The zero-order valence-electron chi connectivity index (χ0n) is 37.9. The zero-order chi connectivity index (χ0) is 45.1. The highest BCUT2D eigenvalue weighted by Crippen LogP contribution is 2.47. The summed E-state index contributed by atoms with van der Waals surface area (Å²) in [5.74, 6) is -0.322. The van der Waals surface area contributed by atoms with Gasteiger partial charge < -0.3 is 46.7 Å². The number of aromatic amines is 1. The molecule has 344 valence electrons. The van der Waals surface area contributed by atoms with Crippen molar-refractivity contribution in [2.45, 2.75) is 154 Å². The number of dihydropyridines is 1. The van der Waals surface area contributed by atoms with Crippen LogP contribution in [0.2, 0.25) is 0 Å². The van der Waals surface area contributed by atoms with Gasteiger partial charge in [-0.05, 0) is 129 Å². The fraction of sp³-hybridized carbons (Fsp3) is 0.566. The van der Waals surface area contributed by atoms with Crippen LogP contribution in [-0.4, -0.2) is 65.9 Å². The number of phenolic OH excluding ortho intramolecular Hbond substituents is 2. The van der Waals surface area contributed by atoms with Crippen LogP contribution in [0.15, 0.2) is 84.2 Å². The number of aromatic hydroxyl groups is 2. The number of nitrogens with two attached hydrogens (primary N) is 1. The van der Waals surface area contributed by atoms with E-state index in [0.29, 0.717) is 67.4 Å². The normalized spacial score (nSPS) is 24.5. The number of carboxylic acid groups (broad SMARTS) is 1. The Morgan fingerprint density at radius 3 is 2.43 bits per heavy atom. The molecule has 10 nitrogen and oxygen atoms in total. The van der Waals surface area contributed by atoms with Crippen LogP contribution in [0, 0.1) is 29.6 Å². The average Bonchev–Trinajstić information content (AvgIpc) is 3.83. The lowest BCUT2D eigenvalue weighted by Crippen LogP contribution is -2.37. The lowest BCUT2D eigenvalue weighted by atomic mass is 9.80. The van der Waals surface area contributed by atoms with E-state index in [2.05, 4.69) is 73.6 Å². The molecule has 3 aliphatic rings. The highest BCUT2D eigenvalue weighted by atomic mass is 16.4. The first kappa shape index (κ1) is 48.0. The highest BCUT2D eigenvalue weighted by molar-refractivity contribution is 5.71. The monoisotopic (exact) mass is 866 g/mol. The minimum atomic E-state index is -1.14. The molecule has 8 unspecified atom stereocenters. The maximum absolute atomic E-state index is 12.5. The van der Waals surface area contributed by atoms with Gasteiger partial charge in [-0.2, -0.15) is 0 Å². The van der Waals surface area contributed by atoms with Crippen LogP contribution < -0.4 is 11.1 Å². The summed E-state index contributed by atoms with van der Waals surface area (Å²) >= 11 is 0. The minimum absolute atomic E-state index is 0.0185. The molecule has 1 aliphatic heterocycles. The summed E-state index contributed by atoms with van der Waals surface area (Å²) in [5, 5.41) is 69.7. The van der Waals surface area contributed by atoms with Crippen molar-refractivity contribution in [1.29, 1.82) is 0 Å². The van der Waals surface area contributed by atoms with Gasteiger partial charge in [-0.3, -0.25) is 4.79 Å². The number of carboxylic acids is 1. The molecule has 2 heterocycles. The van der Waals surface area contributed by atoms with E-state index in [-0.39, 0.29) is 48.2 Å². The third-order valence-electron chi connectivity index (χ3n) is 14.4. The Kier molecular flexibility index (Phi) is 17.1. The molecule has 10 N–H and O–H groups in total. The van der Waals surface area contributed by atoms with Crippen molar-refractivity contribution in [1.82, 2.24) is 10.3 Å². The Balaban J connectivity index is 1.09. The van der Waals surface area contributed by atoms with Crippen molar-refractivity contribution in [3.05, 3.63) is 107 Å². The number of allylic oxidation sites excluding steroid dienone is 3. The number of aliphatic carboxylic acids is 1. The van der Waals surface area contributed by atoms with Crippen molar-refractivity contribution >= 4 is 5.97 Å². The van der Waals surface area contributed by atoms with E-state index in [1.54, 1.807) is 6.07 Å². The van der Waals surface area contributed by atoms with E-state index in [1.165, 1.54) is 30.9 Å². The summed E-state index contributed by atoms with van der Waals surface area (Å²) in [6.45, 7) is 7.17. The number of carbonyl (C=O) groups is 1. The Morgan fingerprint density at radius 1 is 0.937 bits per heavy atom. The van der Waals surface area contributed by atoms with Crippen LogP contribution in [0.4, 0.5) is 0 Å². The minimum Gasteiger partial charge on any atom is -0.508 e. The number of phenols is 2. The lowest BCUT2D eigenvalue weighted by molar-refractivity contribution is -0.146. The summed E-state index contributed by atoms with van der Waals surface area (Å²) in [4.78, 5) is 16.0. The van der Waals surface area contributed by atoms with Gasteiger partial charge in [-0.1, -0.05) is 102 Å². The molecule has 8 atom stereocenters. The molecule has 0 amide bonds. The number of aromatic nitrogens is 1. The van der Waals surface area contributed by atoms with Gasteiger partial charge in [-0.25, -0.2) is 0 Å². The Morgan fingerprint density at radius 2 is 1.71 bits per heavy atom. The first-order chi connectivity index (χ1) is 30.2. The van der Waals surface area contributed by atoms with Crippen molar-refractivity contribution in [3.8, 4) is 22.8 Å². The summed E-state index contributed by atoms with van der Waals surface area (Å²) in [5.41, 5.74) is 11.4. The Hall–Kier alpha value is -4.51.